The molecule has 0 aromatic heterocycles. The number of carbonyl (C=O) groups is 2. The molecule has 2 fully saturated rings. The van der Waals surface area contributed by atoms with Crippen molar-refractivity contribution in [1.29, 1.82) is 0 Å². The van der Waals surface area contributed by atoms with Crippen molar-refractivity contribution in [2.24, 2.45) is 0 Å². The molecule has 1 atom stereocenters. The van der Waals surface area contributed by atoms with Crippen molar-refractivity contribution in [3.63, 3.8) is 0 Å². The predicted molar refractivity (Wildman–Crippen MR) is 80.9 cm³/mol. The molecule has 0 radical (unpaired) electrons. The van der Waals surface area contributed by atoms with Gasteiger partial charge in [0.15, 0.2) is 0 Å². The summed E-state index contributed by atoms with van der Waals surface area (Å²) in [5, 5.41) is 0.579. The molecule has 3 rings (SSSR count). The highest BCUT2D eigenvalue weighted by atomic mass is 79.9. The minimum Gasteiger partial charge on any atom is -0.331 e. The third-order valence-electron chi connectivity index (χ3n) is 3.87. The highest BCUT2D eigenvalue weighted by Gasteiger charge is 2.40. The average molecular weight is 358 g/mol. The number of fused-ring (bicyclic) bond motifs is 1. The van der Waals surface area contributed by atoms with E-state index in [-0.39, 0.29) is 17.9 Å². The Morgan fingerprint density at radius 1 is 1.25 bits per heavy atom. The molecule has 0 N–H and O–H groups in total. The monoisotopic (exact) mass is 356 g/mol. The molecule has 20 heavy (non-hydrogen) atoms. The Balaban J connectivity index is 1.98. The second-order valence-electron chi connectivity index (χ2n) is 5.08. The number of anilines is 1. The van der Waals surface area contributed by atoms with E-state index >= 15 is 0 Å². The van der Waals surface area contributed by atoms with Crippen molar-refractivity contribution >= 4 is 45.0 Å². The number of rotatable bonds is 1. The Hall–Kier alpha value is -1.07. The number of benzene rings is 1. The maximum atomic E-state index is 12.7. The van der Waals surface area contributed by atoms with E-state index < -0.39 is 0 Å². The first kappa shape index (κ1) is 13.9. The molecule has 0 aliphatic carbocycles. The Bertz CT molecular complexity index is 578. The molecular formula is C14H14BrClN2O2. The van der Waals surface area contributed by atoms with Crippen LogP contribution in [0.4, 0.5) is 5.69 Å². The van der Waals surface area contributed by atoms with E-state index in [9.17, 15) is 9.59 Å². The van der Waals surface area contributed by atoms with Crippen LogP contribution in [0, 0.1) is 0 Å². The number of amides is 2. The minimum atomic E-state index is -0.309. The van der Waals surface area contributed by atoms with Crippen molar-refractivity contribution < 1.29 is 9.59 Å². The summed E-state index contributed by atoms with van der Waals surface area (Å²) in [6.45, 7) is 1.10. The van der Waals surface area contributed by atoms with Gasteiger partial charge in [-0.25, -0.2) is 0 Å². The van der Waals surface area contributed by atoms with Crippen LogP contribution in [-0.2, 0) is 9.59 Å². The van der Waals surface area contributed by atoms with Crippen LogP contribution in [0.2, 0.25) is 5.02 Å². The predicted octanol–water partition coefficient (Wildman–Crippen LogP) is 2.83. The number of hydrogen-bond acceptors (Lipinski definition) is 2. The van der Waals surface area contributed by atoms with Gasteiger partial charge in [0.2, 0.25) is 11.8 Å². The lowest BCUT2D eigenvalue weighted by molar-refractivity contribution is -0.135. The van der Waals surface area contributed by atoms with Crippen LogP contribution >= 0.6 is 27.5 Å². The molecule has 2 amide bonds. The zero-order valence-electron chi connectivity index (χ0n) is 10.8. The van der Waals surface area contributed by atoms with Crippen molar-refractivity contribution in [3.05, 3.63) is 27.7 Å². The fourth-order valence-electron chi connectivity index (χ4n) is 2.89. The van der Waals surface area contributed by atoms with E-state index in [1.807, 2.05) is 6.07 Å². The molecule has 2 saturated heterocycles. The molecule has 106 valence electrons. The van der Waals surface area contributed by atoms with E-state index in [4.69, 9.17) is 11.6 Å². The van der Waals surface area contributed by atoms with Crippen LogP contribution in [-0.4, -0.2) is 35.8 Å². The normalized spacial score (nSPS) is 23.0. The van der Waals surface area contributed by atoms with Crippen LogP contribution in [0.5, 0.6) is 0 Å². The molecule has 1 aromatic rings. The van der Waals surface area contributed by atoms with Gasteiger partial charge in [-0.05, 0) is 47.0 Å². The third kappa shape index (κ3) is 2.33. The van der Waals surface area contributed by atoms with Gasteiger partial charge in [-0.3, -0.25) is 9.59 Å². The highest BCUT2D eigenvalue weighted by Crippen LogP contribution is 2.33. The smallest absolute Gasteiger partial charge is 0.249 e. The first-order valence-electron chi connectivity index (χ1n) is 6.64. The maximum Gasteiger partial charge on any atom is 0.249 e. The van der Waals surface area contributed by atoms with Gasteiger partial charge in [-0.2, -0.15) is 0 Å². The molecule has 2 aliphatic rings. The summed E-state index contributed by atoms with van der Waals surface area (Å²) in [6, 6.07) is 5.04. The van der Waals surface area contributed by atoms with Gasteiger partial charge in [0.25, 0.3) is 0 Å². The lowest BCUT2D eigenvalue weighted by atomic mass is 10.2. The van der Waals surface area contributed by atoms with Crippen LogP contribution in [0.3, 0.4) is 0 Å². The summed E-state index contributed by atoms with van der Waals surface area (Å²) < 4.78 is 0.814. The van der Waals surface area contributed by atoms with Crippen LogP contribution in [0.1, 0.15) is 19.3 Å². The molecule has 2 aliphatic heterocycles. The van der Waals surface area contributed by atoms with Gasteiger partial charge < -0.3 is 9.80 Å². The molecule has 0 bridgehead atoms. The van der Waals surface area contributed by atoms with Gasteiger partial charge in [0, 0.05) is 29.0 Å². The van der Waals surface area contributed by atoms with Gasteiger partial charge in [-0.1, -0.05) is 11.6 Å². The summed E-state index contributed by atoms with van der Waals surface area (Å²) in [6.07, 6.45) is 2.01. The third-order valence-corrected chi connectivity index (χ3v) is 4.78. The zero-order valence-corrected chi connectivity index (χ0v) is 13.2. The highest BCUT2D eigenvalue weighted by molar-refractivity contribution is 9.10. The van der Waals surface area contributed by atoms with Crippen molar-refractivity contribution in [1.82, 2.24) is 4.90 Å². The zero-order chi connectivity index (χ0) is 14.3. The summed E-state index contributed by atoms with van der Waals surface area (Å²) in [5.74, 6) is 0.0674. The topological polar surface area (TPSA) is 40.6 Å². The summed E-state index contributed by atoms with van der Waals surface area (Å²) in [7, 11) is 0. The second-order valence-corrected chi connectivity index (χ2v) is 6.37. The van der Waals surface area contributed by atoms with Crippen LogP contribution < -0.4 is 4.90 Å². The summed E-state index contributed by atoms with van der Waals surface area (Å²) in [5.41, 5.74) is 0.740. The van der Waals surface area contributed by atoms with Gasteiger partial charge in [0.05, 0.1) is 5.69 Å². The molecule has 1 unspecified atom stereocenters. The van der Waals surface area contributed by atoms with E-state index in [1.165, 1.54) is 0 Å². The van der Waals surface area contributed by atoms with Gasteiger partial charge in [0.1, 0.15) is 6.04 Å². The quantitative estimate of drug-likeness (QED) is 0.775. The molecule has 6 heteroatoms. The fourth-order valence-corrected chi connectivity index (χ4v) is 3.52. The van der Waals surface area contributed by atoms with Crippen LogP contribution in [0.15, 0.2) is 22.7 Å². The minimum absolute atomic E-state index is 0.00341. The van der Waals surface area contributed by atoms with E-state index in [0.29, 0.717) is 24.5 Å². The van der Waals surface area contributed by atoms with E-state index in [1.54, 1.807) is 21.9 Å². The molecule has 2 heterocycles. The average Bonchev–Trinajstić information content (AvgIpc) is 2.87. The SMILES string of the molecule is O=C1C2CCCN2C(=O)CCN1c1cc(Cl)ccc1Br. The standard InChI is InChI=1S/C14H14BrClN2O2/c15-10-4-3-9(16)8-12(10)18-7-5-13(19)17-6-1-2-11(17)14(18)20/h3-4,8,11H,1-2,5-7H2. The van der Waals surface area contributed by atoms with E-state index in [2.05, 4.69) is 15.9 Å². The Morgan fingerprint density at radius 3 is 2.85 bits per heavy atom. The fraction of sp³-hybridized carbons (Fsp3) is 0.429. The lowest BCUT2D eigenvalue weighted by Crippen LogP contribution is -2.43. The number of carbonyl (C=O) groups excluding carboxylic acids is 2. The van der Waals surface area contributed by atoms with Crippen molar-refractivity contribution in [2.75, 3.05) is 18.0 Å². The van der Waals surface area contributed by atoms with Crippen molar-refractivity contribution in [3.8, 4) is 0 Å². The Kier molecular flexibility index (Phi) is 3.73. The number of nitrogens with zero attached hydrogens (tertiary/aromatic N) is 2. The molecule has 4 nitrogen and oxygen atoms in total. The molecule has 0 saturated carbocycles. The van der Waals surface area contributed by atoms with E-state index in [0.717, 1.165) is 23.0 Å². The Labute approximate surface area is 130 Å². The van der Waals surface area contributed by atoms with Gasteiger partial charge >= 0.3 is 0 Å². The number of hydrogen-bond donors (Lipinski definition) is 0. The molecule has 1 aromatic carbocycles. The van der Waals surface area contributed by atoms with Crippen molar-refractivity contribution in [2.45, 2.75) is 25.3 Å². The largest absolute Gasteiger partial charge is 0.331 e. The molecule has 0 spiro atoms. The van der Waals surface area contributed by atoms with Crippen LogP contribution in [0.25, 0.3) is 0 Å². The lowest BCUT2D eigenvalue weighted by Gasteiger charge is -2.26. The maximum absolute atomic E-state index is 12.7. The summed E-state index contributed by atoms with van der Waals surface area (Å²) >= 11 is 9.48. The Morgan fingerprint density at radius 2 is 2.05 bits per heavy atom. The van der Waals surface area contributed by atoms with Gasteiger partial charge in [-0.15, -0.1) is 0 Å². The second kappa shape index (κ2) is 5.37. The first-order chi connectivity index (χ1) is 9.58. The molecular weight excluding hydrogens is 344 g/mol. The first-order valence-corrected chi connectivity index (χ1v) is 7.81. The summed E-state index contributed by atoms with van der Waals surface area (Å²) in [4.78, 5) is 28.2. The number of halogens is 2.